The number of Topliss-reactive ketones (excluding diaryl/α,β-unsaturated/α-hetero) is 1. The Morgan fingerprint density at radius 3 is 2.48 bits per heavy atom. The summed E-state index contributed by atoms with van der Waals surface area (Å²) in [5.74, 6) is -4.48. The van der Waals surface area contributed by atoms with Crippen molar-refractivity contribution in [2.24, 2.45) is 5.16 Å². The quantitative estimate of drug-likeness (QED) is 0.0463. The third-order valence-electron chi connectivity index (χ3n) is 5.36. The van der Waals surface area contributed by atoms with Crippen LogP contribution in [0.15, 0.2) is 16.4 Å². The molecular formula is C23H33N3O12S2. The fraction of sp³-hybridized carbons (Fsp3) is 0.652. The van der Waals surface area contributed by atoms with Crippen molar-refractivity contribution in [2.75, 3.05) is 38.4 Å². The average Bonchev–Trinajstić information content (AvgIpc) is 2.90. The summed E-state index contributed by atoms with van der Waals surface area (Å²) in [6.07, 6.45) is -0.531. The molecule has 2 heterocycles. The number of oxime groups is 1. The van der Waals surface area contributed by atoms with Gasteiger partial charge in [0.1, 0.15) is 30.3 Å². The van der Waals surface area contributed by atoms with Gasteiger partial charge >= 0.3 is 11.9 Å². The number of amides is 2. The average molecular weight is 608 g/mol. The van der Waals surface area contributed by atoms with Crippen molar-refractivity contribution in [3.8, 4) is 0 Å². The number of hydrogen-bond donors (Lipinski definition) is 1. The number of carbonyl (C=O) groups excluding carboxylic acids is 5. The maximum absolute atomic E-state index is 13.1. The predicted molar refractivity (Wildman–Crippen MR) is 140 cm³/mol. The van der Waals surface area contributed by atoms with Gasteiger partial charge in [-0.3, -0.25) is 28.3 Å². The maximum Gasteiger partial charge on any atom is 0.358 e. The third kappa shape index (κ3) is 8.49. The summed E-state index contributed by atoms with van der Waals surface area (Å²) >= 11 is 1.23. The van der Waals surface area contributed by atoms with Gasteiger partial charge in [-0.2, -0.15) is 8.42 Å². The Morgan fingerprint density at radius 2 is 1.88 bits per heavy atom. The van der Waals surface area contributed by atoms with E-state index in [-0.39, 0.29) is 36.8 Å². The van der Waals surface area contributed by atoms with Crippen LogP contribution in [0.1, 0.15) is 40.5 Å². The number of β-lactam (4-membered cyclic amide) rings is 1. The van der Waals surface area contributed by atoms with Crippen LogP contribution in [0.2, 0.25) is 0 Å². The first kappa shape index (κ1) is 33.2. The van der Waals surface area contributed by atoms with Crippen molar-refractivity contribution in [3.05, 3.63) is 11.3 Å². The van der Waals surface area contributed by atoms with Crippen molar-refractivity contribution in [3.63, 3.8) is 0 Å². The van der Waals surface area contributed by atoms with Crippen molar-refractivity contribution in [1.29, 1.82) is 0 Å². The molecule has 0 spiro atoms. The van der Waals surface area contributed by atoms with E-state index in [9.17, 15) is 32.4 Å². The number of ether oxygens (including phenoxy) is 3. The lowest BCUT2D eigenvalue weighted by molar-refractivity contribution is -0.184. The van der Waals surface area contributed by atoms with Gasteiger partial charge in [0.05, 0.1) is 12.4 Å². The molecule has 0 bridgehead atoms. The monoisotopic (exact) mass is 607 g/mol. The zero-order chi connectivity index (χ0) is 30.0. The molecule has 2 aliphatic rings. The fourth-order valence-electron chi connectivity index (χ4n) is 3.49. The second-order valence-corrected chi connectivity index (χ2v) is 11.4. The molecule has 17 heteroatoms. The first-order valence-corrected chi connectivity index (χ1v) is 15.0. The van der Waals surface area contributed by atoms with Crippen molar-refractivity contribution in [2.45, 2.75) is 58.2 Å². The van der Waals surface area contributed by atoms with E-state index in [1.54, 1.807) is 13.8 Å². The normalized spacial score (nSPS) is 19.8. The molecule has 0 aliphatic carbocycles. The molecule has 0 aromatic rings. The Bertz CT molecular complexity index is 1170. The summed E-state index contributed by atoms with van der Waals surface area (Å²) < 4.78 is 43.2. The molecule has 40 heavy (non-hydrogen) atoms. The molecule has 15 nitrogen and oxygen atoms in total. The van der Waals surface area contributed by atoms with Crippen LogP contribution >= 0.6 is 11.8 Å². The Morgan fingerprint density at radius 1 is 1.18 bits per heavy atom. The number of rotatable bonds is 16. The molecule has 0 radical (unpaired) electrons. The van der Waals surface area contributed by atoms with Crippen molar-refractivity contribution < 1.29 is 55.6 Å². The SMILES string of the molecule is CCCC(=O)OC(C)OC(=O)C1=C(COC)CS[C@@H]2C(NC(=O)/C(=N/OCC)C(=O)COS(=O)(=O)CC)C(=O)N12. The first-order valence-electron chi connectivity index (χ1n) is 12.4. The van der Waals surface area contributed by atoms with Gasteiger partial charge < -0.3 is 24.4 Å². The lowest BCUT2D eigenvalue weighted by Gasteiger charge is -2.49. The van der Waals surface area contributed by atoms with Crippen LogP contribution < -0.4 is 5.32 Å². The Balaban J connectivity index is 2.18. The van der Waals surface area contributed by atoms with Crippen LogP contribution in [-0.2, 0) is 57.3 Å². The van der Waals surface area contributed by atoms with Crippen LogP contribution in [0, 0.1) is 0 Å². The summed E-state index contributed by atoms with van der Waals surface area (Å²) in [4.78, 5) is 69.2. The van der Waals surface area contributed by atoms with Gasteiger partial charge in [0.2, 0.25) is 17.8 Å². The predicted octanol–water partition coefficient (Wildman–Crippen LogP) is -0.153. The molecule has 1 fully saturated rings. The van der Waals surface area contributed by atoms with E-state index in [1.165, 1.54) is 32.7 Å². The highest BCUT2D eigenvalue weighted by Crippen LogP contribution is 2.40. The Labute approximate surface area is 236 Å². The van der Waals surface area contributed by atoms with Gasteiger partial charge in [-0.15, -0.1) is 11.8 Å². The highest BCUT2D eigenvalue weighted by molar-refractivity contribution is 8.00. The number of nitrogens with one attached hydrogen (secondary N) is 1. The lowest BCUT2D eigenvalue weighted by atomic mass is 10.0. The van der Waals surface area contributed by atoms with Crippen LogP contribution in [0.4, 0.5) is 0 Å². The molecule has 2 amide bonds. The van der Waals surface area contributed by atoms with Crippen LogP contribution in [-0.4, -0.2) is 105 Å². The molecule has 3 atom stereocenters. The van der Waals surface area contributed by atoms with E-state index in [1.807, 2.05) is 0 Å². The van der Waals surface area contributed by atoms with Gasteiger partial charge in [0.15, 0.2) is 0 Å². The highest BCUT2D eigenvalue weighted by Gasteiger charge is 2.55. The number of methoxy groups -OCH3 is 1. The van der Waals surface area contributed by atoms with Crippen molar-refractivity contribution >= 4 is 57.1 Å². The minimum absolute atomic E-state index is 0.00247. The maximum atomic E-state index is 13.1. The Kier molecular flexibility index (Phi) is 12.5. The zero-order valence-corrected chi connectivity index (χ0v) is 24.4. The van der Waals surface area contributed by atoms with Crippen LogP contribution in [0.3, 0.4) is 0 Å². The molecular weight excluding hydrogens is 574 g/mol. The standard InChI is InChI=1S/C23H33N3O12S2/c1-6-9-16(28)37-13(4)38-23(31)19-14(10-34-5)12-39-22-18(21(30)26(19)22)24-20(29)17(25-35-7-2)15(27)11-36-40(32,33)8-3/h13,18,22H,6-12H2,1-5H3,(H,24,29)/b25-17+/t13?,18?,22-/m1/s1. The number of fused-ring (bicyclic) bond motifs is 1. The lowest BCUT2D eigenvalue weighted by Crippen LogP contribution is -2.71. The fourth-order valence-corrected chi connectivity index (χ4v) is 5.27. The molecule has 1 saturated heterocycles. The summed E-state index contributed by atoms with van der Waals surface area (Å²) in [7, 11) is -2.57. The molecule has 0 aromatic heterocycles. The van der Waals surface area contributed by atoms with E-state index in [2.05, 4.69) is 14.7 Å². The molecule has 2 aliphatic heterocycles. The number of carbonyl (C=O) groups is 5. The van der Waals surface area contributed by atoms with E-state index in [0.717, 1.165) is 4.90 Å². The topological polar surface area (TPSA) is 193 Å². The first-order chi connectivity index (χ1) is 18.9. The molecule has 2 unspecified atom stereocenters. The van der Waals surface area contributed by atoms with Gasteiger partial charge in [0.25, 0.3) is 21.9 Å². The number of hydrogen-bond acceptors (Lipinski definition) is 14. The third-order valence-corrected chi connectivity index (χ3v) is 7.88. The van der Waals surface area contributed by atoms with Gasteiger partial charge in [-0.25, -0.2) is 4.79 Å². The number of ketones is 1. The second-order valence-electron chi connectivity index (χ2n) is 8.35. The summed E-state index contributed by atoms with van der Waals surface area (Å²) in [5.41, 5.74) is -0.447. The number of esters is 2. The molecule has 2 rings (SSSR count). The molecule has 1 N–H and O–H groups in total. The highest BCUT2D eigenvalue weighted by atomic mass is 32.2. The minimum atomic E-state index is -3.98. The van der Waals surface area contributed by atoms with E-state index in [4.69, 9.17) is 19.0 Å². The number of thioether (sulfide) groups is 1. The second kappa shape index (κ2) is 15.1. The van der Waals surface area contributed by atoms with Gasteiger partial charge in [-0.05, 0) is 25.8 Å². The summed E-state index contributed by atoms with van der Waals surface area (Å²) in [5, 5.41) is 5.10. The van der Waals surface area contributed by atoms with Crippen molar-refractivity contribution in [1.82, 2.24) is 10.2 Å². The smallest absolute Gasteiger partial charge is 0.358 e. The largest absolute Gasteiger partial charge is 0.425 e. The van der Waals surface area contributed by atoms with Crippen LogP contribution in [0.25, 0.3) is 0 Å². The summed E-state index contributed by atoms with van der Waals surface area (Å²) in [6.45, 7) is 5.03. The Hall–Kier alpha value is -3.02. The van der Waals surface area contributed by atoms with Gasteiger partial charge in [-0.1, -0.05) is 12.1 Å². The molecule has 0 saturated carbocycles. The summed E-state index contributed by atoms with van der Waals surface area (Å²) in [6, 6.07) is -1.16. The number of nitrogens with zero attached hydrogens (tertiary/aromatic N) is 2. The van der Waals surface area contributed by atoms with E-state index in [0.29, 0.717) is 12.0 Å². The van der Waals surface area contributed by atoms with E-state index < -0.39 is 69.7 Å². The molecule has 0 aromatic carbocycles. The van der Waals surface area contributed by atoms with Gasteiger partial charge in [0, 0.05) is 26.2 Å². The minimum Gasteiger partial charge on any atom is -0.425 e. The molecule has 224 valence electrons. The van der Waals surface area contributed by atoms with E-state index >= 15 is 0 Å². The zero-order valence-electron chi connectivity index (χ0n) is 22.8. The van der Waals surface area contributed by atoms with Crippen LogP contribution in [0.5, 0.6) is 0 Å².